The van der Waals surface area contributed by atoms with Crippen molar-refractivity contribution < 1.29 is 8.67 Å². The van der Waals surface area contributed by atoms with Gasteiger partial charge < -0.3 is 3.87 Å². The highest BCUT2D eigenvalue weighted by Gasteiger charge is 2.20. The first-order valence-electron chi connectivity index (χ1n) is 6.03. The van der Waals surface area contributed by atoms with E-state index in [1.165, 1.54) is 5.56 Å². The van der Waals surface area contributed by atoms with Crippen molar-refractivity contribution in [1.82, 2.24) is 0 Å². The summed E-state index contributed by atoms with van der Waals surface area (Å²) < 4.78 is 5.86. The number of rotatable bonds is 8. The third-order valence-electron chi connectivity index (χ3n) is 2.51. The normalized spacial score (nSPS) is 11.2. The Kier molecular flexibility index (Phi) is 6.39. The van der Waals surface area contributed by atoms with Crippen molar-refractivity contribution in [2.45, 2.75) is 25.6 Å². The van der Waals surface area contributed by atoms with Gasteiger partial charge in [0.15, 0.2) is 0 Å². The van der Waals surface area contributed by atoms with Gasteiger partial charge in [0, 0.05) is 11.3 Å². The molecule has 0 fully saturated rings. The molecule has 0 atom stereocenters. The molecule has 0 aliphatic rings. The molecule has 0 aliphatic heterocycles. The van der Waals surface area contributed by atoms with Gasteiger partial charge in [-0.15, -0.1) is 6.58 Å². The van der Waals surface area contributed by atoms with E-state index in [9.17, 15) is 4.79 Å². The van der Waals surface area contributed by atoms with Crippen LogP contribution in [0.2, 0.25) is 19.1 Å². The van der Waals surface area contributed by atoms with Crippen LogP contribution in [0.25, 0.3) is 0 Å². The van der Waals surface area contributed by atoms with Crippen LogP contribution >= 0.6 is 12.0 Å². The Labute approximate surface area is 115 Å². The van der Waals surface area contributed by atoms with Crippen LogP contribution in [0.3, 0.4) is 0 Å². The molecule has 0 aliphatic carbocycles. The van der Waals surface area contributed by atoms with E-state index in [0.29, 0.717) is 0 Å². The average molecular weight is 280 g/mol. The highest BCUT2D eigenvalue weighted by Crippen LogP contribution is 2.20. The van der Waals surface area contributed by atoms with Crippen LogP contribution in [-0.2, 0) is 10.3 Å². The average Bonchev–Trinajstić information content (AvgIpc) is 2.35. The zero-order chi connectivity index (χ0) is 13.4. The van der Waals surface area contributed by atoms with Crippen molar-refractivity contribution in [2.24, 2.45) is 0 Å². The second kappa shape index (κ2) is 7.56. The molecule has 0 radical (unpaired) electrons. The summed E-state index contributed by atoms with van der Waals surface area (Å²) in [4.78, 5) is 10.5. The highest BCUT2D eigenvalue weighted by molar-refractivity contribution is 7.95. The van der Waals surface area contributed by atoms with Crippen LogP contribution in [0.15, 0.2) is 36.9 Å². The van der Waals surface area contributed by atoms with Crippen molar-refractivity contribution in [3.63, 3.8) is 0 Å². The number of carbonyl (C=O) groups is 1. The lowest BCUT2D eigenvalue weighted by atomic mass is 10.1. The lowest BCUT2D eigenvalue weighted by Crippen LogP contribution is -2.26. The van der Waals surface area contributed by atoms with Crippen LogP contribution in [0.5, 0.6) is 0 Å². The minimum atomic E-state index is -1.56. The molecule has 0 amide bonds. The second-order valence-corrected chi connectivity index (χ2v) is 10.0. The maximum absolute atomic E-state index is 10.5. The first kappa shape index (κ1) is 15.2. The van der Waals surface area contributed by atoms with Crippen LogP contribution in [0, 0.1) is 0 Å². The molecule has 0 unspecified atom stereocenters. The van der Waals surface area contributed by atoms with Gasteiger partial charge >= 0.3 is 0 Å². The van der Waals surface area contributed by atoms with E-state index < -0.39 is 8.32 Å². The topological polar surface area (TPSA) is 26.3 Å². The molecule has 2 nitrogen and oxygen atoms in total. The van der Waals surface area contributed by atoms with Gasteiger partial charge in [0.2, 0.25) is 8.32 Å². The molecule has 0 saturated carbocycles. The maximum atomic E-state index is 10.5. The minimum absolute atomic E-state index is 0.724. The van der Waals surface area contributed by atoms with Gasteiger partial charge in [-0.2, -0.15) is 0 Å². The van der Waals surface area contributed by atoms with Crippen molar-refractivity contribution in [1.29, 1.82) is 0 Å². The summed E-state index contributed by atoms with van der Waals surface area (Å²) in [6.45, 7) is 8.14. The quantitative estimate of drug-likeness (QED) is 0.236. The standard InChI is InChI=1S/C14H20O2SSi/c1-4-11-18(2,3)16-17-10-9-13-5-7-14(12-15)8-6-13/h4-8,12H,1,9-11H2,2-3H3. The predicted octanol–water partition coefficient (Wildman–Crippen LogP) is 4.10. The predicted molar refractivity (Wildman–Crippen MR) is 81.6 cm³/mol. The first-order valence-corrected chi connectivity index (χ1v) is 10.1. The van der Waals surface area contributed by atoms with Crippen molar-refractivity contribution in [3.05, 3.63) is 48.0 Å². The minimum Gasteiger partial charge on any atom is -0.357 e. The molecule has 0 aromatic heterocycles. The highest BCUT2D eigenvalue weighted by atomic mass is 32.2. The smallest absolute Gasteiger partial charge is 0.209 e. The van der Waals surface area contributed by atoms with Crippen LogP contribution in [0.4, 0.5) is 0 Å². The van der Waals surface area contributed by atoms with Gasteiger partial charge in [-0.25, -0.2) is 0 Å². The Hall–Kier alpha value is -0.843. The molecule has 1 rings (SSSR count). The van der Waals surface area contributed by atoms with Crippen LogP contribution < -0.4 is 0 Å². The number of allylic oxidation sites excluding steroid dienone is 1. The summed E-state index contributed by atoms with van der Waals surface area (Å²) in [7, 11) is -1.56. The van der Waals surface area contributed by atoms with Gasteiger partial charge in [0.25, 0.3) is 0 Å². The third-order valence-corrected chi connectivity index (χ3v) is 6.43. The molecule has 0 spiro atoms. The monoisotopic (exact) mass is 280 g/mol. The second-order valence-electron chi connectivity index (χ2n) is 4.77. The molecular formula is C14H20O2SSi. The van der Waals surface area contributed by atoms with Crippen molar-refractivity contribution >= 4 is 26.6 Å². The van der Waals surface area contributed by atoms with Gasteiger partial charge in [-0.1, -0.05) is 30.3 Å². The third kappa shape index (κ3) is 5.66. The summed E-state index contributed by atoms with van der Waals surface area (Å²) in [6, 6.07) is 8.68. The van der Waals surface area contributed by atoms with E-state index in [0.717, 1.165) is 30.1 Å². The fourth-order valence-corrected chi connectivity index (χ4v) is 4.40. The summed E-state index contributed by atoms with van der Waals surface area (Å²) >= 11 is 1.55. The Morgan fingerprint density at radius 1 is 1.33 bits per heavy atom. The number of aldehydes is 1. The van der Waals surface area contributed by atoms with Gasteiger partial charge in [-0.3, -0.25) is 4.79 Å². The van der Waals surface area contributed by atoms with E-state index >= 15 is 0 Å². The van der Waals surface area contributed by atoms with E-state index in [1.54, 1.807) is 12.0 Å². The van der Waals surface area contributed by atoms with Crippen molar-refractivity contribution in [2.75, 3.05) is 5.75 Å². The zero-order valence-corrected chi connectivity index (χ0v) is 12.8. The molecule has 98 valence electrons. The fourth-order valence-electron chi connectivity index (χ4n) is 1.51. The zero-order valence-electron chi connectivity index (χ0n) is 11.0. The van der Waals surface area contributed by atoms with E-state index in [1.807, 2.05) is 30.3 Å². The number of hydrogen-bond acceptors (Lipinski definition) is 3. The molecular weight excluding hydrogens is 260 g/mol. The van der Waals surface area contributed by atoms with Gasteiger partial charge in [0.1, 0.15) is 6.29 Å². The number of benzene rings is 1. The van der Waals surface area contributed by atoms with Crippen molar-refractivity contribution in [3.8, 4) is 0 Å². The molecule has 18 heavy (non-hydrogen) atoms. The number of aryl methyl sites for hydroxylation is 1. The van der Waals surface area contributed by atoms with Gasteiger partial charge in [-0.05, 0) is 43.2 Å². The summed E-state index contributed by atoms with van der Waals surface area (Å²) in [5.74, 6) is 0.939. The molecule has 0 heterocycles. The molecule has 1 aromatic carbocycles. The first-order chi connectivity index (χ1) is 8.57. The summed E-state index contributed by atoms with van der Waals surface area (Å²) in [5, 5.41) is 0. The summed E-state index contributed by atoms with van der Waals surface area (Å²) in [6.07, 6.45) is 3.76. The lowest BCUT2D eigenvalue weighted by molar-refractivity contribution is 0.112. The Morgan fingerprint density at radius 2 is 2.00 bits per heavy atom. The fraction of sp³-hybridized carbons (Fsp3) is 0.357. The Balaban J connectivity index is 2.28. The maximum Gasteiger partial charge on any atom is 0.209 e. The van der Waals surface area contributed by atoms with E-state index in [-0.39, 0.29) is 0 Å². The van der Waals surface area contributed by atoms with Crippen LogP contribution in [0.1, 0.15) is 15.9 Å². The molecule has 0 saturated heterocycles. The molecule has 1 aromatic rings. The van der Waals surface area contributed by atoms with E-state index in [2.05, 4.69) is 19.7 Å². The molecule has 0 bridgehead atoms. The molecule has 0 N–H and O–H groups in total. The van der Waals surface area contributed by atoms with Gasteiger partial charge in [0.05, 0.1) is 0 Å². The lowest BCUT2D eigenvalue weighted by Gasteiger charge is -2.19. The Bertz CT molecular complexity index is 387. The summed E-state index contributed by atoms with van der Waals surface area (Å²) in [5.41, 5.74) is 1.96. The Morgan fingerprint density at radius 3 is 2.56 bits per heavy atom. The number of hydrogen-bond donors (Lipinski definition) is 0. The largest absolute Gasteiger partial charge is 0.357 e. The number of carbonyl (C=O) groups excluding carboxylic acids is 1. The molecule has 4 heteroatoms. The SMILES string of the molecule is C=CC[Si](C)(C)OSCCc1ccc(C=O)cc1. The van der Waals surface area contributed by atoms with Crippen LogP contribution in [-0.4, -0.2) is 20.4 Å². The van der Waals surface area contributed by atoms with E-state index in [4.69, 9.17) is 3.87 Å².